The van der Waals surface area contributed by atoms with Crippen LogP contribution in [0.4, 0.5) is 5.69 Å². The Hall–Kier alpha value is -4.29. The fraction of sp³-hybridized carbons (Fsp3) is 0.292. The monoisotopic (exact) mass is 494 g/mol. The lowest BCUT2D eigenvalue weighted by Gasteiger charge is -2.14. The first-order valence-electron chi connectivity index (χ1n) is 11.1. The Bertz CT molecular complexity index is 1400. The third-order valence-electron chi connectivity index (χ3n) is 5.35. The van der Waals surface area contributed by atoms with Crippen molar-refractivity contribution in [2.24, 2.45) is 0 Å². The summed E-state index contributed by atoms with van der Waals surface area (Å²) >= 11 is 0. The van der Waals surface area contributed by atoms with Gasteiger partial charge in [0.25, 0.3) is 11.5 Å². The number of methoxy groups -OCH3 is 2. The number of ether oxygens (including phenoxy) is 4. The Balaban J connectivity index is 1.64. The van der Waals surface area contributed by atoms with Gasteiger partial charge in [-0.05, 0) is 41.1 Å². The van der Waals surface area contributed by atoms with Gasteiger partial charge in [-0.3, -0.25) is 9.59 Å². The number of carbonyl (C=O) groups excluding carboxylic acids is 1. The average molecular weight is 495 g/mol. The smallest absolute Gasteiger partial charge is 0.261 e. The van der Waals surface area contributed by atoms with E-state index in [1.165, 1.54) is 6.07 Å². The molecule has 0 aliphatic carbocycles. The molecule has 0 aliphatic rings. The third-order valence-corrected chi connectivity index (χ3v) is 5.35. The molecule has 3 N–H and O–H groups in total. The molecule has 2 aromatic heterocycles. The molecule has 0 saturated heterocycles. The van der Waals surface area contributed by atoms with Crippen molar-refractivity contribution in [2.75, 3.05) is 46.0 Å². The first-order chi connectivity index (χ1) is 17.5. The van der Waals surface area contributed by atoms with Gasteiger partial charge in [-0.25, -0.2) is 5.10 Å². The van der Waals surface area contributed by atoms with Gasteiger partial charge >= 0.3 is 0 Å². The Morgan fingerprint density at radius 1 is 0.972 bits per heavy atom. The van der Waals surface area contributed by atoms with Crippen molar-refractivity contribution < 1.29 is 23.7 Å². The second-order valence-corrected chi connectivity index (χ2v) is 7.81. The van der Waals surface area contributed by atoms with Crippen LogP contribution < -0.4 is 20.3 Å². The summed E-state index contributed by atoms with van der Waals surface area (Å²) in [4.78, 5) is 28.7. The van der Waals surface area contributed by atoms with Crippen molar-refractivity contribution in [3.63, 3.8) is 0 Å². The topological polar surface area (TPSA) is 153 Å². The number of tetrazole rings is 1. The standard InChI is InChI=1S/C24H26N6O6/c1-14-4-5-15(22-27-29-30-28-22)11-18(14)25-23(31)17-10-16-12-20(35-8-6-33-2)21(36-9-7-34-3)13-19(16)26-24(17)32/h4-5,10-13H,6-9H2,1-3H3,(H,25,31)(H,26,32)(H,27,28,29,30). The average Bonchev–Trinajstić information content (AvgIpc) is 3.40. The van der Waals surface area contributed by atoms with Gasteiger partial charge in [-0.1, -0.05) is 12.1 Å². The number of rotatable bonds is 11. The highest BCUT2D eigenvalue weighted by Gasteiger charge is 2.17. The van der Waals surface area contributed by atoms with Crippen LogP contribution in [0.2, 0.25) is 0 Å². The molecule has 0 radical (unpaired) electrons. The molecule has 188 valence electrons. The molecule has 36 heavy (non-hydrogen) atoms. The number of benzene rings is 2. The minimum absolute atomic E-state index is 0.0514. The lowest BCUT2D eigenvalue weighted by atomic mass is 10.1. The molecule has 2 aromatic carbocycles. The van der Waals surface area contributed by atoms with Crippen molar-refractivity contribution >= 4 is 22.5 Å². The van der Waals surface area contributed by atoms with Crippen LogP contribution in [0.1, 0.15) is 15.9 Å². The number of carbonyl (C=O) groups is 1. The van der Waals surface area contributed by atoms with Crippen molar-refractivity contribution in [3.8, 4) is 22.9 Å². The van der Waals surface area contributed by atoms with E-state index in [0.717, 1.165) is 5.56 Å². The third kappa shape index (κ3) is 5.67. The maximum Gasteiger partial charge on any atom is 0.261 e. The van der Waals surface area contributed by atoms with Crippen molar-refractivity contribution in [1.29, 1.82) is 0 Å². The summed E-state index contributed by atoms with van der Waals surface area (Å²) in [6.07, 6.45) is 0. The van der Waals surface area contributed by atoms with Crippen molar-refractivity contribution in [1.82, 2.24) is 25.6 Å². The highest BCUT2D eigenvalue weighted by Crippen LogP contribution is 2.32. The lowest BCUT2D eigenvalue weighted by Crippen LogP contribution is -2.23. The molecule has 0 fully saturated rings. The van der Waals surface area contributed by atoms with Gasteiger partial charge in [-0.2, -0.15) is 0 Å². The highest BCUT2D eigenvalue weighted by atomic mass is 16.5. The van der Waals surface area contributed by atoms with Crippen molar-refractivity contribution in [3.05, 3.63) is 57.9 Å². The summed E-state index contributed by atoms with van der Waals surface area (Å²) in [5.74, 6) is 0.797. The van der Waals surface area contributed by atoms with Crippen LogP contribution in [0.5, 0.6) is 11.5 Å². The maximum atomic E-state index is 13.1. The summed E-state index contributed by atoms with van der Waals surface area (Å²) in [7, 11) is 3.15. The summed E-state index contributed by atoms with van der Waals surface area (Å²) in [5.41, 5.74) is 1.93. The molecule has 0 atom stereocenters. The molecule has 0 unspecified atom stereocenters. The molecule has 0 aliphatic heterocycles. The van der Waals surface area contributed by atoms with E-state index in [4.69, 9.17) is 18.9 Å². The normalized spacial score (nSPS) is 11.0. The van der Waals surface area contributed by atoms with Crippen LogP contribution in [-0.2, 0) is 9.47 Å². The van der Waals surface area contributed by atoms with E-state index in [-0.39, 0.29) is 5.56 Å². The zero-order chi connectivity index (χ0) is 25.5. The molecule has 12 heteroatoms. The van der Waals surface area contributed by atoms with Gasteiger partial charge < -0.3 is 29.2 Å². The van der Waals surface area contributed by atoms with E-state index >= 15 is 0 Å². The molecule has 4 aromatic rings. The lowest BCUT2D eigenvalue weighted by molar-refractivity contribution is 0.102. The number of pyridine rings is 1. The number of aromatic nitrogens is 5. The summed E-state index contributed by atoms with van der Waals surface area (Å²) in [6, 6.07) is 10.3. The van der Waals surface area contributed by atoms with E-state index in [1.807, 2.05) is 19.1 Å². The van der Waals surface area contributed by atoms with Gasteiger partial charge in [0.05, 0.1) is 18.7 Å². The first-order valence-corrected chi connectivity index (χ1v) is 11.1. The van der Waals surface area contributed by atoms with Gasteiger partial charge in [0.2, 0.25) is 0 Å². The van der Waals surface area contributed by atoms with Crippen molar-refractivity contribution in [2.45, 2.75) is 6.92 Å². The number of H-pyrrole nitrogens is 2. The number of nitrogens with one attached hydrogen (secondary N) is 3. The Morgan fingerprint density at radius 3 is 2.36 bits per heavy atom. The van der Waals surface area contributed by atoms with Gasteiger partial charge in [0, 0.05) is 36.9 Å². The Morgan fingerprint density at radius 2 is 1.69 bits per heavy atom. The number of aryl methyl sites for hydroxylation is 1. The first kappa shape index (κ1) is 24.8. The second-order valence-electron chi connectivity index (χ2n) is 7.81. The van der Waals surface area contributed by atoms with Gasteiger partial charge in [0.1, 0.15) is 18.8 Å². The van der Waals surface area contributed by atoms with E-state index < -0.39 is 11.5 Å². The number of nitrogens with zero attached hydrogens (tertiary/aromatic N) is 3. The SMILES string of the molecule is COCCOc1cc2cc(C(=O)Nc3cc(-c4nnn[nH]4)ccc3C)c(=O)[nH]c2cc1OCCOC. The van der Waals surface area contributed by atoms with Crippen LogP contribution >= 0.6 is 0 Å². The zero-order valence-corrected chi connectivity index (χ0v) is 20.1. The Kier molecular flexibility index (Phi) is 7.88. The number of anilines is 1. The highest BCUT2D eigenvalue weighted by molar-refractivity contribution is 6.06. The van der Waals surface area contributed by atoms with Crippen LogP contribution in [0.25, 0.3) is 22.3 Å². The van der Waals surface area contributed by atoms with E-state index in [9.17, 15) is 9.59 Å². The Labute approximate surface area is 205 Å². The number of hydrogen-bond donors (Lipinski definition) is 3. The predicted octanol–water partition coefficient (Wildman–Crippen LogP) is 2.32. The summed E-state index contributed by atoms with van der Waals surface area (Å²) < 4.78 is 21.7. The molecule has 12 nitrogen and oxygen atoms in total. The van der Waals surface area contributed by atoms with Crippen LogP contribution in [0.15, 0.2) is 41.2 Å². The quantitative estimate of drug-likeness (QED) is 0.267. The number of amides is 1. The number of hydrogen-bond acceptors (Lipinski definition) is 9. The van der Waals surface area contributed by atoms with Gasteiger partial charge in [-0.15, -0.1) is 5.10 Å². The molecule has 0 spiro atoms. The fourth-order valence-corrected chi connectivity index (χ4v) is 3.45. The van der Waals surface area contributed by atoms with E-state index in [0.29, 0.717) is 65.9 Å². The van der Waals surface area contributed by atoms with Crippen LogP contribution in [0.3, 0.4) is 0 Å². The number of aromatic amines is 2. The van der Waals surface area contributed by atoms with Gasteiger partial charge in [0.15, 0.2) is 17.3 Å². The maximum absolute atomic E-state index is 13.1. The fourth-order valence-electron chi connectivity index (χ4n) is 3.45. The van der Waals surface area contributed by atoms with Crippen LogP contribution in [0, 0.1) is 6.92 Å². The second kappa shape index (κ2) is 11.4. The largest absolute Gasteiger partial charge is 0.487 e. The summed E-state index contributed by atoms with van der Waals surface area (Å²) in [5, 5.41) is 17.1. The molecule has 1 amide bonds. The zero-order valence-electron chi connectivity index (χ0n) is 20.1. The minimum atomic E-state index is -0.559. The molecular weight excluding hydrogens is 468 g/mol. The molecular formula is C24H26N6O6. The summed E-state index contributed by atoms with van der Waals surface area (Å²) in [6.45, 7) is 3.22. The van der Waals surface area contributed by atoms with E-state index in [2.05, 4.69) is 30.9 Å². The number of fused-ring (bicyclic) bond motifs is 1. The molecule has 0 saturated carbocycles. The molecule has 2 heterocycles. The molecule has 4 rings (SSSR count). The van der Waals surface area contributed by atoms with E-state index in [1.54, 1.807) is 32.4 Å². The van der Waals surface area contributed by atoms with Crippen LogP contribution in [-0.4, -0.2) is 72.2 Å². The predicted molar refractivity (Wildman–Crippen MR) is 132 cm³/mol. The minimum Gasteiger partial charge on any atom is -0.487 e. The molecule has 0 bridgehead atoms.